The van der Waals surface area contributed by atoms with Crippen molar-refractivity contribution in [3.05, 3.63) is 0 Å². The Morgan fingerprint density at radius 3 is 1.95 bits per heavy atom. The predicted octanol–water partition coefficient (Wildman–Crippen LogP) is 1.24. The molecule has 0 bridgehead atoms. The first-order chi connectivity index (χ1) is 8.81. The molecular formula is C12H26N2O4S. The Hall–Kier alpha value is -0.660. The van der Waals surface area contributed by atoms with Gasteiger partial charge < -0.3 is 4.74 Å². The fraction of sp³-hybridized carbons (Fsp3) is 0.917. The van der Waals surface area contributed by atoms with Gasteiger partial charge in [-0.25, -0.2) is 0 Å². The molecule has 0 fully saturated rings. The van der Waals surface area contributed by atoms with Gasteiger partial charge in [0.25, 0.3) is 10.2 Å². The monoisotopic (exact) mass is 294 g/mol. The van der Waals surface area contributed by atoms with Crippen molar-refractivity contribution in [3.63, 3.8) is 0 Å². The van der Waals surface area contributed by atoms with Crippen LogP contribution in [0.15, 0.2) is 0 Å². The highest BCUT2D eigenvalue weighted by Crippen LogP contribution is 2.14. The van der Waals surface area contributed by atoms with Crippen LogP contribution in [-0.4, -0.2) is 55.8 Å². The molecule has 0 amide bonds. The number of hydrogen-bond acceptors (Lipinski definition) is 4. The summed E-state index contributed by atoms with van der Waals surface area (Å²) in [6.07, 6.45) is 1.48. The molecule has 0 aromatic carbocycles. The van der Waals surface area contributed by atoms with Gasteiger partial charge in [-0.05, 0) is 26.7 Å². The Labute approximate surface area is 116 Å². The van der Waals surface area contributed by atoms with Crippen LogP contribution in [-0.2, 0) is 19.7 Å². The van der Waals surface area contributed by atoms with E-state index in [-0.39, 0.29) is 12.6 Å². The third kappa shape index (κ3) is 5.46. The first-order valence-corrected chi connectivity index (χ1v) is 8.04. The molecule has 0 rings (SSSR count). The molecule has 0 N–H and O–H groups in total. The van der Waals surface area contributed by atoms with Gasteiger partial charge in [0.1, 0.15) is 6.54 Å². The summed E-state index contributed by atoms with van der Waals surface area (Å²) in [5.74, 6) is -0.551. The van der Waals surface area contributed by atoms with Gasteiger partial charge in [0.05, 0.1) is 7.11 Å². The van der Waals surface area contributed by atoms with Gasteiger partial charge in [0.15, 0.2) is 0 Å². The quantitative estimate of drug-likeness (QED) is 0.600. The Kier molecular flexibility index (Phi) is 8.20. The number of rotatable bonds is 9. The second-order valence-electron chi connectivity index (χ2n) is 4.62. The second kappa shape index (κ2) is 8.50. The van der Waals surface area contributed by atoms with Crippen molar-refractivity contribution in [1.29, 1.82) is 0 Å². The smallest absolute Gasteiger partial charge is 0.321 e. The van der Waals surface area contributed by atoms with Gasteiger partial charge in [-0.2, -0.15) is 17.0 Å². The normalized spacial score (nSPS) is 12.4. The zero-order valence-corrected chi connectivity index (χ0v) is 13.4. The molecule has 19 heavy (non-hydrogen) atoms. The lowest BCUT2D eigenvalue weighted by molar-refractivity contribution is -0.141. The zero-order valence-electron chi connectivity index (χ0n) is 12.5. The van der Waals surface area contributed by atoms with E-state index in [0.29, 0.717) is 13.1 Å². The Morgan fingerprint density at radius 1 is 1.16 bits per heavy atom. The minimum Gasteiger partial charge on any atom is -0.468 e. The van der Waals surface area contributed by atoms with E-state index in [2.05, 4.69) is 4.74 Å². The van der Waals surface area contributed by atoms with Crippen molar-refractivity contribution in [2.75, 3.05) is 26.7 Å². The van der Waals surface area contributed by atoms with Gasteiger partial charge >= 0.3 is 5.97 Å². The van der Waals surface area contributed by atoms with Gasteiger partial charge in [-0.1, -0.05) is 13.8 Å². The van der Waals surface area contributed by atoms with Crippen LogP contribution in [0.2, 0.25) is 0 Å². The number of ether oxygens (including phenoxy) is 1. The van der Waals surface area contributed by atoms with Crippen molar-refractivity contribution < 1.29 is 17.9 Å². The summed E-state index contributed by atoms with van der Waals surface area (Å²) in [6.45, 7) is 8.02. The highest BCUT2D eigenvalue weighted by Gasteiger charge is 2.32. The number of nitrogens with zero attached hydrogens (tertiary/aromatic N) is 2. The van der Waals surface area contributed by atoms with Crippen molar-refractivity contribution in [3.8, 4) is 0 Å². The average molecular weight is 294 g/mol. The summed E-state index contributed by atoms with van der Waals surface area (Å²) in [5, 5.41) is 0. The van der Waals surface area contributed by atoms with Crippen molar-refractivity contribution in [2.45, 2.75) is 46.6 Å². The van der Waals surface area contributed by atoms with Crippen LogP contribution >= 0.6 is 0 Å². The first kappa shape index (κ1) is 18.3. The molecule has 114 valence electrons. The molecular weight excluding hydrogens is 268 g/mol. The molecule has 0 aliphatic carbocycles. The molecule has 0 radical (unpaired) electrons. The van der Waals surface area contributed by atoms with E-state index in [4.69, 9.17) is 0 Å². The topological polar surface area (TPSA) is 66.9 Å². The number of carbonyl (C=O) groups is 1. The minimum atomic E-state index is -3.63. The summed E-state index contributed by atoms with van der Waals surface area (Å²) in [5.41, 5.74) is 0. The van der Waals surface area contributed by atoms with Crippen LogP contribution in [0.4, 0.5) is 0 Å². The lowest BCUT2D eigenvalue weighted by atomic mass is 10.4. The van der Waals surface area contributed by atoms with Gasteiger partial charge in [-0.15, -0.1) is 0 Å². The van der Waals surface area contributed by atoms with Crippen molar-refractivity contribution in [2.24, 2.45) is 0 Å². The molecule has 0 unspecified atom stereocenters. The molecule has 0 saturated heterocycles. The Morgan fingerprint density at radius 2 is 1.63 bits per heavy atom. The predicted molar refractivity (Wildman–Crippen MR) is 74.9 cm³/mol. The summed E-state index contributed by atoms with van der Waals surface area (Å²) < 4.78 is 32.3. The molecule has 0 spiro atoms. The lowest BCUT2D eigenvalue weighted by Crippen LogP contribution is -2.49. The van der Waals surface area contributed by atoms with E-state index < -0.39 is 16.2 Å². The van der Waals surface area contributed by atoms with Crippen molar-refractivity contribution >= 4 is 16.2 Å². The van der Waals surface area contributed by atoms with E-state index in [0.717, 1.165) is 12.8 Å². The molecule has 6 nitrogen and oxygen atoms in total. The fourth-order valence-corrected chi connectivity index (χ4v) is 3.64. The van der Waals surface area contributed by atoms with Crippen LogP contribution in [0.5, 0.6) is 0 Å². The fourth-order valence-electron chi connectivity index (χ4n) is 1.71. The van der Waals surface area contributed by atoms with Crippen LogP contribution < -0.4 is 0 Å². The first-order valence-electron chi connectivity index (χ1n) is 6.64. The molecule has 0 aliphatic heterocycles. The molecule has 0 aliphatic rings. The number of carbonyl (C=O) groups excluding carboxylic acids is 1. The number of methoxy groups -OCH3 is 1. The van der Waals surface area contributed by atoms with Crippen LogP contribution in [0.1, 0.15) is 40.5 Å². The largest absolute Gasteiger partial charge is 0.468 e. The molecule has 0 aromatic rings. The molecule has 7 heteroatoms. The van der Waals surface area contributed by atoms with Crippen LogP contribution in [0, 0.1) is 0 Å². The summed E-state index contributed by atoms with van der Waals surface area (Å²) in [6, 6.07) is -0.291. The average Bonchev–Trinajstić information content (AvgIpc) is 2.34. The van der Waals surface area contributed by atoms with E-state index in [1.165, 1.54) is 15.7 Å². The molecule has 0 saturated carbocycles. The van der Waals surface area contributed by atoms with Crippen LogP contribution in [0.3, 0.4) is 0 Å². The summed E-state index contributed by atoms with van der Waals surface area (Å²) >= 11 is 0. The SMILES string of the molecule is CCCN(CCC)S(=O)(=O)N(CC(=O)OC)C(C)C. The highest BCUT2D eigenvalue weighted by atomic mass is 32.2. The summed E-state index contributed by atoms with van der Waals surface area (Å²) in [7, 11) is -2.37. The third-order valence-electron chi connectivity index (χ3n) is 2.66. The van der Waals surface area contributed by atoms with E-state index in [9.17, 15) is 13.2 Å². The highest BCUT2D eigenvalue weighted by molar-refractivity contribution is 7.86. The van der Waals surface area contributed by atoms with Crippen molar-refractivity contribution in [1.82, 2.24) is 8.61 Å². The number of hydrogen-bond donors (Lipinski definition) is 0. The molecule has 0 heterocycles. The van der Waals surface area contributed by atoms with Gasteiger partial charge in [-0.3, -0.25) is 4.79 Å². The zero-order chi connectivity index (χ0) is 15.1. The molecule has 0 aromatic heterocycles. The maximum atomic E-state index is 12.5. The van der Waals surface area contributed by atoms with E-state index >= 15 is 0 Å². The second-order valence-corrected chi connectivity index (χ2v) is 6.50. The number of esters is 1. The Bertz CT molecular complexity index is 362. The minimum absolute atomic E-state index is 0.250. The standard InChI is InChI=1S/C12H26N2O4S/c1-6-8-13(9-7-2)19(16,17)14(11(3)4)10-12(15)18-5/h11H,6-10H2,1-5H3. The van der Waals surface area contributed by atoms with E-state index in [1.54, 1.807) is 13.8 Å². The molecule has 0 atom stereocenters. The maximum absolute atomic E-state index is 12.5. The lowest BCUT2D eigenvalue weighted by Gasteiger charge is -2.31. The Balaban J connectivity index is 5.19. The van der Waals surface area contributed by atoms with Gasteiger partial charge in [0, 0.05) is 19.1 Å². The maximum Gasteiger partial charge on any atom is 0.321 e. The summed E-state index contributed by atoms with van der Waals surface area (Å²) in [4.78, 5) is 11.4. The third-order valence-corrected chi connectivity index (χ3v) is 4.82. The van der Waals surface area contributed by atoms with Crippen LogP contribution in [0.25, 0.3) is 0 Å². The van der Waals surface area contributed by atoms with E-state index in [1.807, 2.05) is 13.8 Å². The van der Waals surface area contributed by atoms with Gasteiger partial charge in [0.2, 0.25) is 0 Å².